The zero-order valence-electron chi connectivity index (χ0n) is 12.5. The number of aromatic amines is 1. The number of aromatic nitrogens is 3. The number of pyridine rings is 1. The molecule has 0 atom stereocenters. The van der Waals surface area contributed by atoms with E-state index in [0.29, 0.717) is 5.82 Å². The van der Waals surface area contributed by atoms with Crippen LogP contribution in [0.4, 0.5) is 0 Å². The van der Waals surface area contributed by atoms with E-state index in [1.165, 1.54) is 29.7 Å². The summed E-state index contributed by atoms with van der Waals surface area (Å²) in [7, 11) is 0. The molecule has 22 heavy (non-hydrogen) atoms. The number of hydrogen-bond acceptors (Lipinski definition) is 4. The van der Waals surface area contributed by atoms with E-state index >= 15 is 0 Å². The Bertz CT molecular complexity index is 910. The topological polar surface area (TPSA) is 58.6 Å². The van der Waals surface area contributed by atoms with Crippen molar-refractivity contribution in [2.45, 2.75) is 39.0 Å². The van der Waals surface area contributed by atoms with Crippen LogP contribution in [0.25, 0.3) is 21.7 Å². The van der Waals surface area contributed by atoms with Gasteiger partial charge in [0.1, 0.15) is 10.5 Å². The van der Waals surface area contributed by atoms with E-state index in [-0.39, 0.29) is 5.56 Å². The minimum atomic E-state index is -0.0237. The molecule has 0 amide bonds. The van der Waals surface area contributed by atoms with E-state index in [4.69, 9.17) is 4.98 Å². The number of nitrogens with one attached hydrogen (secondary N) is 1. The molecule has 0 unspecified atom stereocenters. The van der Waals surface area contributed by atoms with E-state index in [1.54, 1.807) is 17.5 Å². The Morgan fingerprint density at radius 2 is 2.09 bits per heavy atom. The molecule has 0 radical (unpaired) electrons. The van der Waals surface area contributed by atoms with Crippen LogP contribution in [0.3, 0.4) is 0 Å². The number of thiophene rings is 1. The Labute approximate surface area is 132 Å². The highest BCUT2D eigenvalue weighted by molar-refractivity contribution is 7.18. The number of rotatable bonds is 1. The lowest BCUT2D eigenvalue weighted by atomic mass is 10.1. The molecule has 1 N–H and O–H groups in total. The first-order valence-electron chi connectivity index (χ1n) is 7.70. The maximum Gasteiger partial charge on any atom is 0.260 e. The van der Waals surface area contributed by atoms with Crippen molar-refractivity contribution in [3.63, 3.8) is 0 Å². The molecule has 0 fully saturated rings. The Morgan fingerprint density at radius 1 is 1.23 bits per heavy atom. The normalized spacial score (nSPS) is 14.8. The van der Waals surface area contributed by atoms with Gasteiger partial charge in [-0.25, -0.2) is 4.98 Å². The third-order valence-electron chi connectivity index (χ3n) is 4.31. The molecule has 0 aromatic carbocycles. The largest absolute Gasteiger partial charge is 0.305 e. The zero-order valence-corrected chi connectivity index (χ0v) is 13.3. The van der Waals surface area contributed by atoms with Crippen LogP contribution < -0.4 is 5.56 Å². The Morgan fingerprint density at radius 3 is 2.95 bits per heavy atom. The summed E-state index contributed by atoms with van der Waals surface area (Å²) < 4.78 is 0. The molecule has 1 aliphatic rings. The lowest BCUT2D eigenvalue weighted by Gasteiger charge is -2.04. The molecule has 4 rings (SSSR count). The minimum absolute atomic E-state index is 0.0237. The highest BCUT2D eigenvalue weighted by atomic mass is 32.1. The second-order valence-corrected chi connectivity index (χ2v) is 6.91. The van der Waals surface area contributed by atoms with Crippen molar-refractivity contribution in [3.8, 4) is 11.5 Å². The van der Waals surface area contributed by atoms with Crippen LogP contribution in [-0.4, -0.2) is 15.0 Å². The predicted octanol–water partition coefficient (Wildman–Crippen LogP) is 3.62. The molecule has 3 heterocycles. The van der Waals surface area contributed by atoms with Gasteiger partial charge < -0.3 is 4.98 Å². The molecule has 112 valence electrons. The summed E-state index contributed by atoms with van der Waals surface area (Å²) in [5.41, 5.74) is 2.98. The first-order chi connectivity index (χ1) is 10.7. The highest BCUT2D eigenvalue weighted by Crippen LogP contribution is 2.33. The number of nitrogens with zero attached hydrogens (tertiary/aromatic N) is 2. The molecule has 0 saturated carbocycles. The highest BCUT2D eigenvalue weighted by Gasteiger charge is 2.19. The van der Waals surface area contributed by atoms with Crippen molar-refractivity contribution in [2.24, 2.45) is 0 Å². The third-order valence-corrected chi connectivity index (χ3v) is 5.49. The fourth-order valence-corrected chi connectivity index (χ4v) is 4.45. The fourth-order valence-electron chi connectivity index (χ4n) is 3.19. The van der Waals surface area contributed by atoms with Gasteiger partial charge in [0.25, 0.3) is 5.56 Å². The molecule has 0 bridgehead atoms. The van der Waals surface area contributed by atoms with Gasteiger partial charge in [-0.1, -0.05) is 12.5 Å². The van der Waals surface area contributed by atoms with Gasteiger partial charge in [-0.2, -0.15) is 0 Å². The first-order valence-corrected chi connectivity index (χ1v) is 8.52. The second kappa shape index (κ2) is 5.32. The summed E-state index contributed by atoms with van der Waals surface area (Å²) in [6.07, 6.45) is 7.44. The maximum atomic E-state index is 12.6. The molecule has 0 spiro atoms. The molecular formula is C17H17N3OS. The number of H-pyrrole nitrogens is 1. The van der Waals surface area contributed by atoms with Crippen molar-refractivity contribution in [1.82, 2.24) is 15.0 Å². The maximum absolute atomic E-state index is 12.6. The fraction of sp³-hybridized carbons (Fsp3) is 0.353. The third kappa shape index (κ3) is 2.16. The quantitative estimate of drug-likeness (QED) is 0.698. The van der Waals surface area contributed by atoms with Gasteiger partial charge in [-0.3, -0.25) is 9.78 Å². The average Bonchev–Trinajstić information content (AvgIpc) is 2.70. The van der Waals surface area contributed by atoms with Crippen LogP contribution in [0.1, 0.15) is 35.3 Å². The van der Waals surface area contributed by atoms with Crippen LogP contribution >= 0.6 is 11.3 Å². The lowest BCUT2D eigenvalue weighted by Crippen LogP contribution is -2.11. The van der Waals surface area contributed by atoms with Crippen molar-refractivity contribution < 1.29 is 0 Å². The molecule has 0 aliphatic heterocycles. The Kier molecular flexibility index (Phi) is 3.30. The summed E-state index contributed by atoms with van der Waals surface area (Å²) in [6, 6.07) is 3.87. The average molecular weight is 311 g/mol. The minimum Gasteiger partial charge on any atom is -0.305 e. The van der Waals surface area contributed by atoms with Gasteiger partial charge in [0.2, 0.25) is 0 Å². The first kappa shape index (κ1) is 13.6. The summed E-state index contributed by atoms with van der Waals surface area (Å²) >= 11 is 1.68. The standard InChI is InChI=1S/C17H17N3OS/c1-10-6-5-9-18-14(10)15-19-16(21)13-11-7-3-2-4-8-12(11)22-17(13)20-15/h5-6,9H,2-4,7-8H2,1H3,(H,19,20,21). The van der Waals surface area contributed by atoms with E-state index < -0.39 is 0 Å². The van der Waals surface area contributed by atoms with Gasteiger partial charge in [0.15, 0.2) is 5.82 Å². The SMILES string of the molecule is Cc1cccnc1-c1nc2sc3c(c2c(=O)[nH]1)CCCCC3. The summed E-state index contributed by atoms with van der Waals surface area (Å²) in [6.45, 7) is 1.98. The van der Waals surface area contributed by atoms with E-state index in [2.05, 4.69) is 9.97 Å². The van der Waals surface area contributed by atoms with Crippen LogP contribution in [0, 0.1) is 6.92 Å². The molecule has 5 heteroatoms. The zero-order chi connectivity index (χ0) is 15.1. The van der Waals surface area contributed by atoms with Crippen LogP contribution in [0.5, 0.6) is 0 Å². The van der Waals surface area contributed by atoms with Gasteiger partial charge in [0, 0.05) is 11.1 Å². The molecule has 4 nitrogen and oxygen atoms in total. The Balaban J connectivity index is 1.95. The smallest absolute Gasteiger partial charge is 0.260 e. The van der Waals surface area contributed by atoms with Gasteiger partial charge in [0.05, 0.1) is 5.39 Å². The summed E-state index contributed by atoms with van der Waals surface area (Å²) in [5, 5.41) is 0.805. The van der Waals surface area contributed by atoms with Crippen LogP contribution in [0.15, 0.2) is 23.1 Å². The van der Waals surface area contributed by atoms with Crippen molar-refractivity contribution in [2.75, 3.05) is 0 Å². The monoisotopic (exact) mass is 311 g/mol. The number of fused-ring (bicyclic) bond motifs is 3. The van der Waals surface area contributed by atoms with Crippen LogP contribution in [0.2, 0.25) is 0 Å². The molecule has 3 aromatic heterocycles. The second-order valence-electron chi connectivity index (χ2n) is 5.83. The van der Waals surface area contributed by atoms with Crippen molar-refractivity contribution in [3.05, 3.63) is 44.7 Å². The van der Waals surface area contributed by atoms with E-state index in [0.717, 1.165) is 34.3 Å². The van der Waals surface area contributed by atoms with Gasteiger partial charge in [-0.15, -0.1) is 11.3 Å². The molecule has 0 saturated heterocycles. The number of hydrogen-bond donors (Lipinski definition) is 1. The number of aryl methyl sites for hydroxylation is 3. The molecule has 1 aliphatic carbocycles. The van der Waals surface area contributed by atoms with E-state index in [1.807, 2.05) is 19.1 Å². The van der Waals surface area contributed by atoms with Gasteiger partial charge in [-0.05, 0) is 49.8 Å². The summed E-state index contributed by atoms with van der Waals surface area (Å²) in [4.78, 5) is 26.8. The molecule has 3 aromatic rings. The predicted molar refractivity (Wildman–Crippen MR) is 89.5 cm³/mol. The lowest BCUT2D eigenvalue weighted by molar-refractivity contribution is 0.713. The van der Waals surface area contributed by atoms with E-state index in [9.17, 15) is 4.79 Å². The van der Waals surface area contributed by atoms with Crippen LogP contribution in [-0.2, 0) is 12.8 Å². The van der Waals surface area contributed by atoms with Gasteiger partial charge >= 0.3 is 0 Å². The van der Waals surface area contributed by atoms with Crippen molar-refractivity contribution in [1.29, 1.82) is 0 Å². The summed E-state index contributed by atoms with van der Waals surface area (Å²) in [5.74, 6) is 0.576. The van der Waals surface area contributed by atoms with Crippen molar-refractivity contribution >= 4 is 21.6 Å². The molecular weight excluding hydrogens is 294 g/mol. The Hall–Kier alpha value is -2.01.